The molecule has 0 atom stereocenters. The van der Waals surface area contributed by atoms with Gasteiger partial charge in [0.1, 0.15) is 0 Å². The van der Waals surface area contributed by atoms with Crippen LogP contribution in [-0.2, 0) is 9.47 Å². The topological polar surface area (TPSA) is 18.5 Å². The first-order valence-electron chi connectivity index (χ1n) is 8.71. The maximum absolute atomic E-state index is 6.06. The molecule has 2 heteroatoms. The van der Waals surface area contributed by atoms with Crippen molar-refractivity contribution in [2.75, 3.05) is 13.2 Å². The molecule has 0 amide bonds. The van der Waals surface area contributed by atoms with Crippen LogP contribution in [0.1, 0.15) is 92.9 Å². The van der Waals surface area contributed by atoms with Gasteiger partial charge in [-0.15, -0.1) is 0 Å². The lowest BCUT2D eigenvalue weighted by Crippen LogP contribution is -2.48. The number of ether oxygens (including phenoxy) is 2. The smallest absolute Gasteiger partial charge is 0.172 e. The van der Waals surface area contributed by atoms with Crippen LogP contribution in [-0.4, -0.2) is 19.0 Å². The standard InChI is InChI=1S/C18H38O2/c1-7-10-11-12-13-14-15-16-18(19-8-2,20-9-3)17(4,5)6/h7-16H2,1-6H3. The second kappa shape index (κ2) is 10.6. The Morgan fingerprint density at radius 1 is 0.650 bits per heavy atom. The van der Waals surface area contributed by atoms with Crippen molar-refractivity contribution in [1.29, 1.82) is 0 Å². The average Bonchev–Trinajstić information content (AvgIpc) is 2.36. The molecule has 0 bridgehead atoms. The third-order valence-electron chi connectivity index (χ3n) is 4.01. The molecule has 0 aliphatic carbocycles. The molecule has 0 saturated carbocycles. The number of hydrogen-bond acceptors (Lipinski definition) is 2. The van der Waals surface area contributed by atoms with Crippen LogP contribution in [0.4, 0.5) is 0 Å². The van der Waals surface area contributed by atoms with Crippen molar-refractivity contribution >= 4 is 0 Å². The molecule has 0 heterocycles. The molecular formula is C18H38O2. The molecule has 0 saturated heterocycles. The lowest BCUT2D eigenvalue weighted by Gasteiger charge is -2.44. The highest BCUT2D eigenvalue weighted by atomic mass is 16.7. The zero-order valence-corrected chi connectivity index (χ0v) is 14.9. The molecule has 0 aliphatic rings. The van der Waals surface area contributed by atoms with Gasteiger partial charge in [0, 0.05) is 25.0 Å². The van der Waals surface area contributed by atoms with Crippen LogP contribution in [0.5, 0.6) is 0 Å². The fourth-order valence-electron chi connectivity index (χ4n) is 2.78. The molecule has 0 radical (unpaired) electrons. The Kier molecular flexibility index (Phi) is 10.6. The van der Waals surface area contributed by atoms with Gasteiger partial charge in [-0.3, -0.25) is 0 Å². The minimum atomic E-state index is -0.417. The van der Waals surface area contributed by atoms with Crippen molar-refractivity contribution in [2.24, 2.45) is 5.41 Å². The zero-order chi connectivity index (χ0) is 15.5. The van der Waals surface area contributed by atoms with Crippen LogP contribution in [0.3, 0.4) is 0 Å². The summed E-state index contributed by atoms with van der Waals surface area (Å²) in [6.45, 7) is 14.5. The molecule has 0 aromatic rings. The van der Waals surface area contributed by atoms with Gasteiger partial charge in [-0.2, -0.15) is 0 Å². The van der Waals surface area contributed by atoms with Gasteiger partial charge in [0.25, 0.3) is 0 Å². The van der Waals surface area contributed by atoms with E-state index in [2.05, 4.69) is 41.5 Å². The van der Waals surface area contributed by atoms with E-state index in [0.29, 0.717) is 13.2 Å². The van der Waals surface area contributed by atoms with Crippen LogP contribution in [0.2, 0.25) is 0 Å². The Morgan fingerprint density at radius 3 is 1.50 bits per heavy atom. The Bertz CT molecular complexity index is 212. The number of rotatable bonds is 12. The molecule has 0 aromatic heterocycles. The predicted octanol–water partition coefficient (Wildman–Crippen LogP) is 5.94. The lowest BCUT2D eigenvalue weighted by atomic mass is 9.81. The van der Waals surface area contributed by atoms with E-state index in [4.69, 9.17) is 9.47 Å². The van der Waals surface area contributed by atoms with Gasteiger partial charge >= 0.3 is 0 Å². The fourth-order valence-corrected chi connectivity index (χ4v) is 2.78. The Labute approximate surface area is 127 Å². The highest BCUT2D eigenvalue weighted by Crippen LogP contribution is 2.39. The van der Waals surface area contributed by atoms with E-state index < -0.39 is 5.79 Å². The molecule has 122 valence electrons. The monoisotopic (exact) mass is 286 g/mol. The maximum atomic E-state index is 6.06. The van der Waals surface area contributed by atoms with Gasteiger partial charge < -0.3 is 9.47 Å². The minimum Gasteiger partial charge on any atom is -0.350 e. The SMILES string of the molecule is CCCCCCCCCC(OCC)(OCC)C(C)(C)C. The molecule has 0 fully saturated rings. The Morgan fingerprint density at radius 2 is 1.10 bits per heavy atom. The quantitative estimate of drug-likeness (QED) is 0.326. The van der Waals surface area contributed by atoms with Gasteiger partial charge in [0.05, 0.1) is 0 Å². The second-order valence-corrected chi connectivity index (χ2v) is 6.74. The molecule has 0 aromatic carbocycles. The van der Waals surface area contributed by atoms with Gasteiger partial charge in [-0.25, -0.2) is 0 Å². The van der Waals surface area contributed by atoms with Crippen molar-refractivity contribution < 1.29 is 9.47 Å². The van der Waals surface area contributed by atoms with Crippen molar-refractivity contribution in [3.63, 3.8) is 0 Å². The van der Waals surface area contributed by atoms with E-state index in [0.717, 1.165) is 6.42 Å². The molecular weight excluding hydrogens is 248 g/mol. The summed E-state index contributed by atoms with van der Waals surface area (Å²) in [5.74, 6) is -0.417. The van der Waals surface area contributed by atoms with E-state index in [1.807, 2.05) is 0 Å². The number of unbranched alkanes of at least 4 members (excludes halogenated alkanes) is 6. The van der Waals surface area contributed by atoms with Gasteiger partial charge in [0.2, 0.25) is 0 Å². The summed E-state index contributed by atoms with van der Waals surface area (Å²) >= 11 is 0. The molecule has 0 N–H and O–H groups in total. The van der Waals surface area contributed by atoms with E-state index in [-0.39, 0.29) is 5.41 Å². The Balaban J connectivity index is 4.22. The molecule has 2 nitrogen and oxygen atoms in total. The first-order chi connectivity index (χ1) is 9.43. The minimum absolute atomic E-state index is 0.0151. The molecule has 20 heavy (non-hydrogen) atoms. The molecule has 0 rings (SSSR count). The maximum Gasteiger partial charge on any atom is 0.172 e. The highest BCUT2D eigenvalue weighted by molar-refractivity contribution is 4.84. The van der Waals surface area contributed by atoms with Crippen molar-refractivity contribution in [2.45, 2.75) is 98.7 Å². The van der Waals surface area contributed by atoms with Gasteiger partial charge in [0.15, 0.2) is 5.79 Å². The summed E-state index contributed by atoms with van der Waals surface area (Å²) in [5.41, 5.74) is 0.0151. The summed E-state index contributed by atoms with van der Waals surface area (Å²) < 4.78 is 12.1. The summed E-state index contributed by atoms with van der Waals surface area (Å²) in [7, 11) is 0. The van der Waals surface area contributed by atoms with Gasteiger partial charge in [-0.05, 0) is 20.3 Å². The second-order valence-electron chi connectivity index (χ2n) is 6.74. The van der Waals surface area contributed by atoms with E-state index in [1.54, 1.807) is 0 Å². The third kappa shape index (κ3) is 7.08. The van der Waals surface area contributed by atoms with Crippen molar-refractivity contribution in [3.05, 3.63) is 0 Å². The third-order valence-corrected chi connectivity index (χ3v) is 4.01. The first kappa shape index (κ1) is 19.9. The van der Waals surface area contributed by atoms with E-state index in [1.165, 1.54) is 44.9 Å². The predicted molar refractivity (Wildman–Crippen MR) is 88.0 cm³/mol. The largest absolute Gasteiger partial charge is 0.350 e. The van der Waals surface area contributed by atoms with Crippen molar-refractivity contribution in [1.82, 2.24) is 0 Å². The Hall–Kier alpha value is -0.0800. The van der Waals surface area contributed by atoms with Crippen LogP contribution in [0.25, 0.3) is 0 Å². The molecule has 0 unspecified atom stereocenters. The summed E-state index contributed by atoms with van der Waals surface area (Å²) in [6, 6.07) is 0. The lowest BCUT2D eigenvalue weighted by molar-refractivity contribution is -0.289. The first-order valence-corrected chi connectivity index (χ1v) is 8.71. The van der Waals surface area contributed by atoms with Crippen LogP contribution in [0, 0.1) is 5.41 Å². The van der Waals surface area contributed by atoms with E-state index in [9.17, 15) is 0 Å². The zero-order valence-electron chi connectivity index (χ0n) is 14.9. The van der Waals surface area contributed by atoms with Gasteiger partial charge in [-0.1, -0.05) is 66.2 Å². The number of hydrogen-bond donors (Lipinski definition) is 0. The summed E-state index contributed by atoms with van der Waals surface area (Å²) in [4.78, 5) is 0. The normalized spacial score (nSPS) is 12.9. The summed E-state index contributed by atoms with van der Waals surface area (Å²) in [5, 5.41) is 0. The highest BCUT2D eigenvalue weighted by Gasteiger charge is 2.43. The van der Waals surface area contributed by atoms with Crippen LogP contribution in [0.15, 0.2) is 0 Å². The average molecular weight is 286 g/mol. The summed E-state index contributed by atoms with van der Waals surface area (Å²) in [6.07, 6.45) is 10.3. The van der Waals surface area contributed by atoms with E-state index >= 15 is 0 Å². The fraction of sp³-hybridized carbons (Fsp3) is 1.00. The van der Waals surface area contributed by atoms with Crippen molar-refractivity contribution in [3.8, 4) is 0 Å². The van der Waals surface area contributed by atoms with Crippen LogP contribution >= 0.6 is 0 Å². The molecule has 0 spiro atoms. The van der Waals surface area contributed by atoms with Crippen LogP contribution < -0.4 is 0 Å². The molecule has 0 aliphatic heterocycles.